The molecule has 0 aromatic carbocycles. The first kappa shape index (κ1) is 13.3. The van der Waals surface area contributed by atoms with Crippen LogP contribution in [0.3, 0.4) is 0 Å². The Kier molecular flexibility index (Phi) is 2.87. The summed E-state index contributed by atoms with van der Waals surface area (Å²) in [6.45, 7) is -0.127. The number of carbonyl (C=O) groups is 2. The lowest BCUT2D eigenvalue weighted by Gasteiger charge is -2.56. The highest BCUT2D eigenvalue weighted by molar-refractivity contribution is 5.93. The van der Waals surface area contributed by atoms with Gasteiger partial charge in [0, 0.05) is 6.08 Å². The van der Waals surface area contributed by atoms with Gasteiger partial charge in [-0.25, -0.2) is 0 Å². The van der Waals surface area contributed by atoms with Crippen molar-refractivity contribution in [1.29, 1.82) is 0 Å². The Morgan fingerprint density at radius 1 is 1.38 bits per heavy atom. The summed E-state index contributed by atoms with van der Waals surface area (Å²) in [5, 5.41) is 12.6. The fourth-order valence-corrected chi connectivity index (χ4v) is 4.61. The molecule has 6 heteroatoms. The van der Waals surface area contributed by atoms with Gasteiger partial charge in [0.2, 0.25) is 11.8 Å². The zero-order valence-corrected chi connectivity index (χ0v) is 11.8. The third kappa shape index (κ3) is 2.26. The molecule has 0 radical (unpaired) electrons. The van der Waals surface area contributed by atoms with E-state index in [1.54, 1.807) is 0 Å². The summed E-state index contributed by atoms with van der Waals surface area (Å²) in [4.78, 5) is 25.0. The molecule has 0 spiro atoms. The second-order valence-electron chi connectivity index (χ2n) is 6.87. The Hall–Kier alpha value is -1.40. The maximum absolute atomic E-state index is 12.3. The molecule has 2 N–H and O–H groups in total. The molecule has 4 fully saturated rings. The lowest BCUT2D eigenvalue weighted by molar-refractivity contribution is -0.233. The van der Waals surface area contributed by atoms with Gasteiger partial charge in [0.05, 0.1) is 6.10 Å². The number of nitrogens with one attached hydrogen (secondary N) is 1. The molecule has 0 aromatic heterocycles. The average Bonchev–Trinajstić information content (AvgIpc) is 2.68. The molecule has 0 aromatic rings. The number of carbonyl (C=O) groups excluding carboxylic acids is 2. The number of hydrogen-bond donors (Lipinski definition) is 2. The smallest absolute Gasteiger partial charge is 0.249 e. The third-order valence-electron chi connectivity index (χ3n) is 5.18. The molecule has 6 nitrogen and oxygen atoms in total. The average molecular weight is 292 g/mol. The van der Waals surface area contributed by atoms with E-state index >= 15 is 0 Å². The highest BCUT2D eigenvalue weighted by atomic mass is 16.5. The molecule has 5 rings (SSSR count). The van der Waals surface area contributed by atoms with Gasteiger partial charge in [-0.1, -0.05) is 0 Å². The van der Waals surface area contributed by atoms with Crippen LogP contribution in [-0.2, 0) is 14.3 Å². The van der Waals surface area contributed by atoms with E-state index in [0.717, 1.165) is 30.6 Å². The lowest BCUT2D eigenvalue weighted by atomic mass is 9.65. The van der Waals surface area contributed by atoms with Crippen molar-refractivity contribution < 1.29 is 19.4 Å². The van der Waals surface area contributed by atoms with Crippen molar-refractivity contribution in [2.75, 3.05) is 6.54 Å². The molecule has 2 saturated carbocycles. The highest BCUT2D eigenvalue weighted by Gasteiger charge is 2.52. The van der Waals surface area contributed by atoms with Crippen molar-refractivity contribution in [1.82, 2.24) is 10.2 Å². The summed E-state index contributed by atoms with van der Waals surface area (Å²) in [6, 6.07) is 0. The first-order valence-corrected chi connectivity index (χ1v) is 7.69. The Labute approximate surface area is 123 Å². The van der Waals surface area contributed by atoms with Gasteiger partial charge < -0.3 is 20.1 Å². The van der Waals surface area contributed by atoms with Crippen LogP contribution in [0.4, 0.5) is 0 Å². The molecule has 4 bridgehead atoms. The minimum atomic E-state index is -1.000. The molecule has 114 valence electrons. The van der Waals surface area contributed by atoms with Gasteiger partial charge in [-0.2, -0.15) is 0 Å². The lowest BCUT2D eigenvalue weighted by Crippen LogP contribution is -2.64. The molecule has 1 unspecified atom stereocenters. The van der Waals surface area contributed by atoms with Crippen molar-refractivity contribution in [3.05, 3.63) is 12.2 Å². The number of nitrogens with zero attached hydrogens (tertiary/aromatic N) is 1. The fourth-order valence-electron chi connectivity index (χ4n) is 4.61. The van der Waals surface area contributed by atoms with Crippen molar-refractivity contribution in [3.8, 4) is 0 Å². The van der Waals surface area contributed by atoms with Crippen LogP contribution in [0.2, 0.25) is 0 Å². The van der Waals surface area contributed by atoms with Crippen LogP contribution in [0.1, 0.15) is 32.1 Å². The van der Waals surface area contributed by atoms with Gasteiger partial charge in [-0.15, -0.1) is 0 Å². The number of hydrogen-bond acceptors (Lipinski definition) is 4. The zero-order valence-electron chi connectivity index (χ0n) is 11.8. The first-order valence-electron chi connectivity index (χ1n) is 7.69. The Bertz CT molecular complexity index is 481. The molecule has 5 aliphatic rings. The molecular formula is C15H20N2O4. The molecule has 2 aliphatic carbocycles. The van der Waals surface area contributed by atoms with Crippen LogP contribution in [0.25, 0.3) is 0 Å². The summed E-state index contributed by atoms with van der Waals surface area (Å²) in [6.07, 6.45) is 7.18. The van der Waals surface area contributed by atoms with E-state index < -0.39 is 12.0 Å². The van der Waals surface area contributed by atoms with Crippen LogP contribution >= 0.6 is 0 Å². The molecule has 5 atom stereocenters. The number of aliphatic hydroxyl groups is 1. The predicted molar refractivity (Wildman–Crippen MR) is 72.7 cm³/mol. The van der Waals surface area contributed by atoms with Crippen molar-refractivity contribution in [2.24, 2.45) is 11.8 Å². The van der Waals surface area contributed by atoms with Gasteiger partial charge >= 0.3 is 0 Å². The Balaban J connectivity index is 1.42. The first-order chi connectivity index (χ1) is 10.0. The Morgan fingerprint density at radius 3 is 2.67 bits per heavy atom. The van der Waals surface area contributed by atoms with Gasteiger partial charge in [0.15, 0.2) is 0 Å². The van der Waals surface area contributed by atoms with Crippen molar-refractivity contribution in [3.63, 3.8) is 0 Å². The van der Waals surface area contributed by atoms with Gasteiger partial charge in [0.25, 0.3) is 0 Å². The monoisotopic (exact) mass is 292 g/mol. The fraction of sp³-hybridized carbons (Fsp3) is 0.733. The maximum atomic E-state index is 12.3. The number of ether oxygens (including phenoxy) is 1. The van der Waals surface area contributed by atoms with E-state index in [-0.39, 0.29) is 24.5 Å². The largest absolute Gasteiger partial charge is 0.370 e. The van der Waals surface area contributed by atoms with Gasteiger partial charge in [0.1, 0.15) is 18.5 Å². The highest BCUT2D eigenvalue weighted by Crippen LogP contribution is 2.51. The summed E-state index contributed by atoms with van der Waals surface area (Å²) in [5.74, 6) is 0.714. The SMILES string of the molecule is O=C(CN1C(=O)C=CC1O)N[C@@]12C[C@@H]3C[C@@H](C[C@H](C3)O1)C2. The van der Waals surface area contributed by atoms with Gasteiger partial charge in [-0.05, 0) is 50.0 Å². The van der Waals surface area contributed by atoms with Crippen molar-refractivity contribution >= 4 is 11.8 Å². The van der Waals surface area contributed by atoms with E-state index in [2.05, 4.69) is 5.32 Å². The van der Waals surface area contributed by atoms with Crippen LogP contribution in [-0.4, -0.2) is 46.4 Å². The van der Waals surface area contributed by atoms with E-state index in [9.17, 15) is 14.7 Å². The third-order valence-corrected chi connectivity index (χ3v) is 5.18. The normalized spacial score (nSPS) is 43.7. The predicted octanol–water partition coefficient (Wildman–Crippen LogP) is 0.125. The Morgan fingerprint density at radius 2 is 2.10 bits per heavy atom. The van der Waals surface area contributed by atoms with Crippen LogP contribution < -0.4 is 5.32 Å². The van der Waals surface area contributed by atoms with E-state index in [4.69, 9.17) is 4.74 Å². The maximum Gasteiger partial charge on any atom is 0.249 e. The van der Waals surface area contributed by atoms with Crippen LogP contribution in [0, 0.1) is 11.8 Å². The molecule has 21 heavy (non-hydrogen) atoms. The molecule has 3 aliphatic heterocycles. The summed E-state index contributed by atoms with van der Waals surface area (Å²) in [5.41, 5.74) is -0.535. The summed E-state index contributed by atoms with van der Waals surface area (Å²) >= 11 is 0. The quantitative estimate of drug-likeness (QED) is 0.774. The van der Waals surface area contributed by atoms with Crippen LogP contribution in [0.15, 0.2) is 12.2 Å². The van der Waals surface area contributed by atoms with Crippen molar-refractivity contribution in [2.45, 2.75) is 50.2 Å². The second-order valence-corrected chi connectivity index (χ2v) is 6.87. The van der Waals surface area contributed by atoms with E-state index in [1.165, 1.54) is 18.6 Å². The molecule has 2 saturated heterocycles. The summed E-state index contributed by atoms with van der Waals surface area (Å²) < 4.78 is 6.09. The second kappa shape index (κ2) is 4.55. The van der Waals surface area contributed by atoms with Gasteiger partial charge in [-0.3, -0.25) is 9.59 Å². The number of aliphatic hydroxyl groups excluding tert-OH is 1. The number of amides is 2. The molecule has 2 amide bonds. The summed E-state index contributed by atoms with van der Waals surface area (Å²) in [7, 11) is 0. The van der Waals surface area contributed by atoms with E-state index in [1.807, 2.05) is 0 Å². The van der Waals surface area contributed by atoms with E-state index in [0.29, 0.717) is 11.8 Å². The minimum Gasteiger partial charge on any atom is -0.370 e. The topological polar surface area (TPSA) is 78.9 Å². The molecular weight excluding hydrogens is 272 g/mol. The molecule has 3 heterocycles. The standard InChI is InChI=1S/C15H20N2O4/c18-12(8-17-13(19)1-2-14(17)20)16-15-6-9-3-10(7-15)5-11(4-9)21-15/h1-2,9-11,13,19H,3-8H2,(H,16,18)/t9-,10+,11+,13?,15+. The number of rotatable bonds is 3. The zero-order chi connectivity index (χ0) is 14.6. The minimum absolute atomic E-state index is 0.127. The van der Waals surface area contributed by atoms with Crippen LogP contribution in [0.5, 0.6) is 0 Å².